The summed E-state index contributed by atoms with van der Waals surface area (Å²) >= 11 is 0. The van der Waals surface area contributed by atoms with Crippen LogP contribution in [0.4, 0.5) is 0 Å². The van der Waals surface area contributed by atoms with E-state index in [4.69, 9.17) is 0 Å². The highest BCUT2D eigenvalue weighted by Crippen LogP contribution is 2.50. The molecule has 2 aliphatic carbocycles. The average molecular weight is 354 g/mol. The van der Waals surface area contributed by atoms with E-state index in [2.05, 4.69) is 45.0 Å². The highest BCUT2D eigenvalue weighted by atomic mass is 16.2. The Morgan fingerprint density at radius 3 is 1.92 bits per heavy atom. The molecular weight excluding hydrogens is 324 g/mol. The van der Waals surface area contributed by atoms with Gasteiger partial charge in [-0.2, -0.15) is 0 Å². The Balaban J connectivity index is 1.42. The molecule has 0 atom stereocenters. The molecule has 1 saturated heterocycles. The van der Waals surface area contributed by atoms with Crippen LogP contribution >= 0.6 is 0 Å². The molecule has 3 fully saturated rings. The van der Waals surface area contributed by atoms with E-state index in [1.807, 2.05) is 9.80 Å². The van der Waals surface area contributed by atoms with Crippen LogP contribution in [0.15, 0.2) is 24.3 Å². The third-order valence-electron chi connectivity index (χ3n) is 6.27. The maximum Gasteiger partial charge on any atom is 0.233 e. The summed E-state index contributed by atoms with van der Waals surface area (Å²) in [7, 11) is 0. The van der Waals surface area contributed by atoms with Crippen LogP contribution in [-0.4, -0.2) is 47.8 Å². The first-order chi connectivity index (χ1) is 12.3. The Morgan fingerprint density at radius 2 is 1.46 bits per heavy atom. The molecule has 1 aromatic carbocycles. The third kappa shape index (κ3) is 3.15. The van der Waals surface area contributed by atoms with Crippen LogP contribution in [0.2, 0.25) is 0 Å². The Labute approximate surface area is 156 Å². The van der Waals surface area contributed by atoms with Gasteiger partial charge in [-0.15, -0.1) is 0 Å². The maximum absolute atomic E-state index is 13.2. The number of nitrogens with zero attached hydrogens (tertiary/aromatic N) is 2. The van der Waals surface area contributed by atoms with Gasteiger partial charge in [0.2, 0.25) is 11.8 Å². The van der Waals surface area contributed by atoms with Gasteiger partial charge in [0.15, 0.2) is 0 Å². The van der Waals surface area contributed by atoms with Crippen molar-refractivity contribution in [2.24, 2.45) is 5.92 Å². The van der Waals surface area contributed by atoms with Crippen molar-refractivity contribution in [3.8, 4) is 0 Å². The van der Waals surface area contributed by atoms with Gasteiger partial charge < -0.3 is 9.80 Å². The van der Waals surface area contributed by atoms with E-state index < -0.39 is 0 Å². The fourth-order valence-electron chi connectivity index (χ4n) is 4.06. The monoisotopic (exact) mass is 354 g/mol. The van der Waals surface area contributed by atoms with Gasteiger partial charge in [0.1, 0.15) is 0 Å². The second-order valence-electron chi connectivity index (χ2n) is 9.30. The number of amides is 2. The van der Waals surface area contributed by atoms with Crippen LogP contribution in [0.1, 0.15) is 57.6 Å². The lowest BCUT2D eigenvalue weighted by Gasteiger charge is -2.37. The van der Waals surface area contributed by atoms with Gasteiger partial charge in [0, 0.05) is 32.1 Å². The average Bonchev–Trinajstić information content (AvgIpc) is 3.54. The number of piperazine rings is 1. The second-order valence-corrected chi connectivity index (χ2v) is 9.30. The first-order valence-electron chi connectivity index (χ1n) is 10.0. The second kappa shape index (κ2) is 6.11. The molecule has 1 heterocycles. The number of carbonyl (C=O) groups is 2. The summed E-state index contributed by atoms with van der Waals surface area (Å²) in [6.45, 7) is 9.38. The van der Waals surface area contributed by atoms with E-state index in [-0.39, 0.29) is 22.7 Å². The van der Waals surface area contributed by atoms with Gasteiger partial charge in [-0.3, -0.25) is 9.59 Å². The first kappa shape index (κ1) is 17.6. The lowest BCUT2D eigenvalue weighted by molar-refractivity contribution is -0.141. The molecule has 0 unspecified atom stereocenters. The Bertz CT molecular complexity index is 701. The van der Waals surface area contributed by atoms with Crippen molar-refractivity contribution in [1.82, 2.24) is 9.80 Å². The van der Waals surface area contributed by atoms with E-state index >= 15 is 0 Å². The molecule has 0 bridgehead atoms. The third-order valence-corrected chi connectivity index (χ3v) is 6.27. The fraction of sp³-hybridized carbons (Fsp3) is 0.636. The first-order valence-corrected chi connectivity index (χ1v) is 10.0. The summed E-state index contributed by atoms with van der Waals surface area (Å²) in [4.78, 5) is 29.4. The smallest absolute Gasteiger partial charge is 0.233 e. The minimum atomic E-state index is -0.306. The van der Waals surface area contributed by atoms with Crippen molar-refractivity contribution in [1.29, 1.82) is 0 Å². The lowest BCUT2D eigenvalue weighted by Crippen LogP contribution is -2.53. The summed E-state index contributed by atoms with van der Waals surface area (Å²) < 4.78 is 0. The lowest BCUT2D eigenvalue weighted by atomic mass is 9.84. The summed E-state index contributed by atoms with van der Waals surface area (Å²) in [6, 6.07) is 8.65. The standard InChI is InChI=1S/C22H30N2O2/c1-21(2,3)17-6-8-18(9-7-17)22(10-11-22)20(26)24-14-12-23(13-15-24)19(25)16-4-5-16/h6-9,16H,4-5,10-15H2,1-3H3. The number of rotatable bonds is 3. The zero-order valence-corrected chi connectivity index (χ0v) is 16.3. The van der Waals surface area contributed by atoms with Crippen molar-refractivity contribution in [2.75, 3.05) is 26.2 Å². The van der Waals surface area contributed by atoms with E-state index in [1.165, 1.54) is 5.56 Å². The van der Waals surface area contributed by atoms with Crippen LogP contribution in [-0.2, 0) is 20.4 Å². The molecule has 1 aliphatic heterocycles. The molecule has 3 aliphatic rings. The fourth-order valence-corrected chi connectivity index (χ4v) is 4.06. The molecule has 1 aromatic rings. The number of benzene rings is 1. The molecule has 2 saturated carbocycles. The van der Waals surface area contributed by atoms with Gasteiger partial charge in [-0.1, -0.05) is 45.0 Å². The molecular formula is C22H30N2O2. The number of hydrogen-bond donors (Lipinski definition) is 0. The van der Waals surface area contributed by atoms with Crippen molar-refractivity contribution < 1.29 is 9.59 Å². The molecule has 140 valence electrons. The number of carbonyl (C=O) groups excluding carboxylic acids is 2. The van der Waals surface area contributed by atoms with Crippen LogP contribution in [0, 0.1) is 5.92 Å². The maximum atomic E-state index is 13.2. The summed E-state index contributed by atoms with van der Waals surface area (Å²) in [5.74, 6) is 0.837. The normalized spacial score (nSPS) is 22.3. The largest absolute Gasteiger partial charge is 0.339 e. The molecule has 26 heavy (non-hydrogen) atoms. The van der Waals surface area contributed by atoms with E-state index in [9.17, 15) is 9.59 Å². The van der Waals surface area contributed by atoms with Crippen molar-refractivity contribution >= 4 is 11.8 Å². The quantitative estimate of drug-likeness (QED) is 0.837. The highest BCUT2D eigenvalue weighted by Gasteiger charge is 2.53. The predicted molar refractivity (Wildman–Crippen MR) is 102 cm³/mol. The number of hydrogen-bond acceptors (Lipinski definition) is 2. The Kier molecular flexibility index (Phi) is 4.13. The molecule has 0 spiro atoms. The zero-order valence-electron chi connectivity index (χ0n) is 16.3. The molecule has 4 rings (SSSR count). The highest BCUT2D eigenvalue weighted by molar-refractivity contribution is 5.91. The van der Waals surface area contributed by atoms with Crippen LogP contribution in [0.25, 0.3) is 0 Å². The molecule has 2 amide bonds. The van der Waals surface area contributed by atoms with Crippen LogP contribution in [0.5, 0.6) is 0 Å². The molecule has 4 nitrogen and oxygen atoms in total. The topological polar surface area (TPSA) is 40.6 Å². The summed E-state index contributed by atoms with van der Waals surface area (Å²) in [6.07, 6.45) is 3.99. The molecule has 4 heteroatoms. The van der Waals surface area contributed by atoms with Crippen molar-refractivity contribution in [3.63, 3.8) is 0 Å². The van der Waals surface area contributed by atoms with Crippen molar-refractivity contribution in [3.05, 3.63) is 35.4 Å². The van der Waals surface area contributed by atoms with Gasteiger partial charge in [0.05, 0.1) is 5.41 Å². The van der Waals surface area contributed by atoms with Gasteiger partial charge in [0.25, 0.3) is 0 Å². The summed E-state index contributed by atoms with van der Waals surface area (Å²) in [5.41, 5.74) is 2.28. The minimum absolute atomic E-state index is 0.129. The van der Waals surface area contributed by atoms with Gasteiger partial charge in [-0.25, -0.2) is 0 Å². The van der Waals surface area contributed by atoms with E-state index in [0.717, 1.165) is 31.2 Å². The zero-order chi connectivity index (χ0) is 18.5. The van der Waals surface area contributed by atoms with Gasteiger partial charge >= 0.3 is 0 Å². The molecule has 0 aromatic heterocycles. The van der Waals surface area contributed by atoms with Crippen LogP contribution in [0.3, 0.4) is 0 Å². The van der Waals surface area contributed by atoms with Crippen LogP contribution < -0.4 is 0 Å². The SMILES string of the molecule is CC(C)(C)c1ccc(C2(C(=O)N3CCN(C(=O)C4CC4)CC3)CC2)cc1. The molecule has 0 N–H and O–H groups in total. The molecule has 0 radical (unpaired) electrons. The minimum Gasteiger partial charge on any atom is -0.339 e. The Hall–Kier alpha value is -1.84. The Morgan fingerprint density at radius 1 is 0.923 bits per heavy atom. The predicted octanol–water partition coefficient (Wildman–Crippen LogP) is 3.10. The summed E-state index contributed by atoms with van der Waals surface area (Å²) in [5, 5.41) is 0. The van der Waals surface area contributed by atoms with E-state index in [0.29, 0.717) is 32.1 Å². The van der Waals surface area contributed by atoms with E-state index in [1.54, 1.807) is 0 Å². The van der Waals surface area contributed by atoms with Gasteiger partial charge in [-0.05, 0) is 42.2 Å². The van der Waals surface area contributed by atoms with Crippen molar-refractivity contribution in [2.45, 2.75) is 57.3 Å².